The van der Waals surface area contributed by atoms with Crippen LogP contribution in [0, 0.1) is 10.1 Å². The molecule has 0 spiro atoms. The first kappa shape index (κ1) is 25.9. The molecule has 0 rings (SSSR count). The molecule has 0 radical (unpaired) electrons. The van der Waals surface area contributed by atoms with E-state index in [9.17, 15) is 19.7 Å². The summed E-state index contributed by atoms with van der Waals surface area (Å²) in [6.07, 6.45) is 0.454. The highest BCUT2D eigenvalue weighted by Crippen LogP contribution is 2.05. The predicted molar refractivity (Wildman–Crippen MR) is 96.2 cm³/mol. The number of nitrogens with two attached hydrogens (primary N) is 2. The number of aliphatic imine (C=N–C) groups is 1. The molecule has 13 heteroatoms. The lowest BCUT2D eigenvalue weighted by Crippen LogP contribution is -2.51. The van der Waals surface area contributed by atoms with Crippen LogP contribution < -0.4 is 16.9 Å². The van der Waals surface area contributed by atoms with Crippen LogP contribution in [0.4, 0.5) is 0 Å². The number of halogens is 1. The van der Waals surface area contributed by atoms with E-state index in [2.05, 4.69) is 4.99 Å². The standard InChI is InChI=1S/C13H26N6O6.ClH/c1-3-25-11(20)9-18(7-8-24-2)12(21)10(17-19(22)23)5-4-6-16-13(14)15;/h10,17H,3-9H2,1-2H3,(H4,14,15,16);1H/t10-;/m0./s1. The number of hydrogen-bond acceptors (Lipinski definition) is 7. The molecule has 0 aromatic rings. The number of carbonyl (C=O) groups excluding carboxylic acids is 2. The molecule has 5 N–H and O–H groups in total. The molecule has 0 aromatic carbocycles. The summed E-state index contributed by atoms with van der Waals surface area (Å²) in [6, 6.07) is -1.13. The van der Waals surface area contributed by atoms with Gasteiger partial charge >= 0.3 is 5.97 Å². The summed E-state index contributed by atoms with van der Waals surface area (Å²) in [5, 5.41) is 9.95. The van der Waals surface area contributed by atoms with E-state index in [1.807, 2.05) is 5.43 Å². The van der Waals surface area contributed by atoms with Crippen molar-refractivity contribution >= 4 is 30.2 Å². The molecule has 0 aliphatic heterocycles. The smallest absolute Gasteiger partial charge is 0.325 e. The Morgan fingerprint density at radius 3 is 2.54 bits per heavy atom. The lowest BCUT2D eigenvalue weighted by Gasteiger charge is -2.25. The van der Waals surface area contributed by atoms with Crippen LogP contribution in [0.15, 0.2) is 4.99 Å². The molecule has 0 heterocycles. The number of methoxy groups -OCH3 is 1. The minimum absolute atomic E-state index is 0. The maximum absolute atomic E-state index is 12.6. The van der Waals surface area contributed by atoms with E-state index in [0.717, 1.165) is 4.90 Å². The molecule has 1 atom stereocenters. The Morgan fingerprint density at radius 1 is 1.38 bits per heavy atom. The van der Waals surface area contributed by atoms with Gasteiger partial charge in [0, 0.05) is 20.2 Å². The molecular formula is C13H27ClN6O6. The molecule has 26 heavy (non-hydrogen) atoms. The van der Waals surface area contributed by atoms with Crippen molar-refractivity contribution in [3.8, 4) is 0 Å². The summed E-state index contributed by atoms with van der Waals surface area (Å²) < 4.78 is 9.72. The molecule has 0 saturated carbocycles. The van der Waals surface area contributed by atoms with Gasteiger partial charge in [-0.3, -0.25) is 14.6 Å². The predicted octanol–water partition coefficient (Wildman–Crippen LogP) is -1.35. The van der Waals surface area contributed by atoms with Crippen molar-refractivity contribution in [2.45, 2.75) is 25.8 Å². The number of carbonyl (C=O) groups is 2. The summed E-state index contributed by atoms with van der Waals surface area (Å²) in [5.41, 5.74) is 12.4. The normalized spacial score (nSPS) is 10.8. The lowest BCUT2D eigenvalue weighted by molar-refractivity contribution is -0.548. The van der Waals surface area contributed by atoms with E-state index in [-0.39, 0.29) is 57.6 Å². The van der Waals surface area contributed by atoms with Crippen LogP contribution in [0.25, 0.3) is 0 Å². The van der Waals surface area contributed by atoms with Gasteiger partial charge in [0.25, 0.3) is 5.91 Å². The summed E-state index contributed by atoms with van der Waals surface area (Å²) in [6.45, 7) is 1.98. The summed E-state index contributed by atoms with van der Waals surface area (Å²) in [5.74, 6) is -1.31. The molecule has 152 valence electrons. The average Bonchev–Trinajstić information content (AvgIpc) is 2.53. The van der Waals surface area contributed by atoms with Crippen LogP contribution in [0.2, 0.25) is 0 Å². The van der Waals surface area contributed by atoms with Crippen LogP contribution >= 0.6 is 12.4 Å². The van der Waals surface area contributed by atoms with E-state index in [0.29, 0.717) is 6.42 Å². The number of hydrazine groups is 1. The van der Waals surface area contributed by atoms with Crippen LogP contribution in [0.3, 0.4) is 0 Å². The number of amides is 1. The van der Waals surface area contributed by atoms with Gasteiger partial charge in [0.1, 0.15) is 6.54 Å². The number of rotatable bonds is 13. The highest BCUT2D eigenvalue weighted by atomic mass is 35.5. The van der Waals surface area contributed by atoms with E-state index in [1.54, 1.807) is 6.92 Å². The quantitative estimate of drug-likeness (QED) is 0.0844. The molecule has 1 amide bonds. The molecule has 0 aromatic heterocycles. The Morgan fingerprint density at radius 2 is 2.04 bits per heavy atom. The van der Waals surface area contributed by atoms with Crippen molar-refractivity contribution in [1.82, 2.24) is 10.3 Å². The van der Waals surface area contributed by atoms with Crippen molar-refractivity contribution in [3.05, 3.63) is 10.1 Å². The SMILES string of the molecule is CCOC(=O)CN(CCOC)C(=O)[C@H](CCCN=C(N)N)N[N+](=O)[O-].Cl. The maximum atomic E-state index is 12.6. The number of ether oxygens (including phenoxy) is 2. The average molecular weight is 399 g/mol. The molecule has 12 nitrogen and oxygen atoms in total. The fraction of sp³-hybridized carbons (Fsp3) is 0.769. The van der Waals surface area contributed by atoms with Gasteiger partial charge < -0.3 is 25.8 Å². The Kier molecular flexibility index (Phi) is 14.9. The van der Waals surface area contributed by atoms with Crippen molar-refractivity contribution in [3.63, 3.8) is 0 Å². The van der Waals surface area contributed by atoms with Crippen molar-refractivity contribution in [2.24, 2.45) is 16.5 Å². The maximum Gasteiger partial charge on any atom is 0.325 e. The van der Waals surface area contributed by atoms with Gasteiger partial charge in [0.05, 0.1) is 13.2 Å². The minimum atomic E-state index is -1.13. The fourth-order valence-electron chi connectivity index (χ4n) is 1.93. The van der Waals surface area contributed by atoms with Gasteiger partial charge in [-0.05, 0) is 19.8 Å². The first-order valence-electron chi connectivity index (χ1n) is 7.71. The third-order valence-corrected chi connectivity index (χ3v) is 3.01. The Labute approximate surface area is 157 Å². The summed E-state index contributed by atoms with van der Waals surface area (Å²) in [4.78, 5) is 39.9. The molecule has 0 fully saturated rings. The van der Waals surface area contributed by atoms with Gasteiger partial charge in [0.15, 0.2) is 17.0 Å². The number of esters is 1. The molecule has 0 saturated heterocycles. The number of hydrogen-bond donors (Lipinski definition) is 3. The zero-order chi connectivity index (χ0) is 19.2. The topological polar surface area (TPSA) is 175 Å². The third-order valence-electron chi connectivity index (χ3n) is 3.01. The second-order valence-electron chi connectivity index (χ2n) is 4.95. The summed E-state index contributed by atoms with van der Waals surface area (Å²) >= 11 is 0. The van der Waals surface area contributed by atoms with Crippen LogP contribution in [0.5, 0.6) is 0 Å². The van der Waals surface area contributed by atoms with Gasteiger partial charge in [-0.1, -0.05) is 0 Å². The Balaban J connectivity index is 0. The largest absolute Gasteiger partial charge is 0.465 e. The first-order chi connectivity index (χ1) is 11.8. The van der Waals surface area contributed by atoms with Gasteiger partial charge in [-0.2, -0.15) is 0 Å². The Hall–Kier alpha value is -2.34. The number of guanidine groups is 1. The molecular weight excluding hydrogens is 372 g/mol. The van der Waals surface area contributed by atoms with E-state index in [1.165, 1.54) is 7.11 Å². The Bertz CT molecular complexity index is 474. The third kappa shape index (κ3) is 12.1. The van der Waals surface area contributed by atoms with E-state index < -0.39 is 23.0 Å². The second kappa shape index (κ2) is 15.0. The fourth-order valence-corrected chi connectivity index (χ4v) is 1.93. The van der Waals surface area contributed by atoms with Gasteiger partial charge in [-0.15, -0.1) is 17.8 Å². The van der Waals surface area contributed by atoms with Crippen molar-refractivity contribution in [1.29, 1.82) is 0 Å². The molecule has 0 unspecified atom stereocenters. The molecule has 0 aliphatic carbocycles. The van der Waals surface area contributed by atoms with Crippen molar-refractivity contribution in [2.75, 3.05) is 40.0 Å². The van der Waals surface area contributed by atoms with E-state index in [4.69, 9.17) is 20.9 Å². The second-order valence-corrected chi connectivity index (χ2v) is 4.95. The number of nitrogens with one attached hydrogen (secondary N) is 1. The highest BCUT2D eigenvalue weighted by molar-refractivity contribution is 5.86. The highest BCUT2D eigenvalue weighted by Gasteiger charge is 2.29. The minimum Gasteiger partial charge on any atom is -0.465 e. The molecule has 0 aliphatic rings. The first-order valence-corrected chi connectivity index (χ1v) is 7.71. The lowest BCUT2D eigenvalue weighted by atomic mass is 10.1. The van der Waals surface area contributed by atoms with E-state index >= 15 is 0 Å². The van der Waals surface area contributed by atoms with Crippen molar-refractivity contribution < 1.29 is 24.1 Å². The number of nitro groups is 1. The monoisotopic (exact) mass is 398 g/mol. The van der Waals surface area contributed by atoms with Crippen LogP contribution in [0.1, 0.15) is 19.8 Å². The van der Waals surface area contributed by atoms with Crippen LogP contribution in [-0.4, -0.2) is 73.8 Å². The van der Waals surface area contributed by atoms with Gasteiger partial charge in [-0.25, -0.2) is 10.1 Å². The zero-order valence-electron chi connectivity index (χ0n) is 14.9. The zero-order valence-corrected chi connectivity index (χ0v) is 15.7. The van der Waals surface area contributed by atoms with Crippen LogP contribution in [-0.2, 0) is 19.1 Å². The number of nitrogens with zero attached hydrogens (tertiary/aromatic N) is 3. The molecule has 0 bridgehead atoms. The van der Waals surface area contributed by atoms with Gasteiger partial charge in [0.2, 0.25) is 0 Å². The summed E-state index contributed by atoms with van der Waals surface area (Å²) in [7, 11) is 1.44.